The Morgan fingerprint density at radius 2 is 1.97 bits per heavy atom. The Hall–Kier alpha value is -2.09. The van der Waals surface area contributed by atoms with Crippen LogP contribution < -0.4 is 5.32 Å². The van der Waals surface area contributed by atoms with Crippen LogP contribution in [-0.2, 0) is 12.8 Å². The minimum absolute atomic E-state index is 0.0675. The molecule has 0 bridgehead atoms. The number of fused-ring (bicyclic) bond motifs is 2. The normalized spacial score (nSPS) is 16.2. The molecule has 0 aliphatic heterocycles. The van der Waals surface area contributed by atoms with E-state index in [4.69, 9.17) is 4.98 Å². The smallest absolute Gasteiger partial charge is 0.268 e. The van der Waals surface area contributed by atoms with Gasteiger partial charge in [-0.3, -0.25) is 4.79 Å². The van der Waals surface area contributed by atoms with Crippen LogP contribution in [0.1, 0.15) is 44.2 Å². The number of anilines is 1. The van der Waals surface area contributed by atoms with E-state index in [1.165, 1.54) is 32.9 Å². The Labute approximate surface area is 181 Å². The van der Waals surface area contributed by atoms with Crippen molar-refractivity contribution in [2.24, 2.45) is 5.92 Å². The van der Waals surface area contributed by atoms with Gasteiger partial charge in [0.05, 0.1) is 20.9 Å². The second-order valence-electron chi connectivity index (χ2n) is 7.64. The van der Waals surface area contributed by atoms with Gasteiger partial charge in [0.25, 0.3) is 5.91 Å². The summed E-state index contributed by atoms with van der Waals surface area (Å²) in [4.78, 5) is 24.4. The predicted octanol–water partition coefficient (Wildman–Crippen LogP) is 6.48. The molecule has 0 saturated carbocycles. The molecule has 1 aliphatic rings. The maximum absolute atomic E-state index is 13.0. The summed E-state index contributed by atoms with van der Waals surface area (Å²) in [6.45, 7) is 6.14. The SMILES string of the molecule is Cc1nc(C)c(C(=O)Nc2sc3c(c2-c2nc4ccccc4s2)CCC(C)C3)s1. The molecule has 0 saturated heterocycles. The zero-order valence-corrected chi connectivity index (χ0v) is 19.0. The minimum Gasteiger partial charge on any atom is -0.312 e. The molecule has 5 rings (SSSR count). The molecule has 1 atom stereocenters. The number of rotatable bonds is 3. The van der Waals surface area contributed by atoms with Gasteiger partial charge in [-0.25, -0.2) is 9.97 Å². The molecule has 148 valence electrons. The summed E-state index contributed by atoms with van der Waals surface area (Å²) in [5, 5.41) is 6.06. The predicted molar refractivity (Wildman–Crippen MR) is 124 cm³/mol. The average Bonchev–Trinajstić information content (AvgIpc) is 3.35. The third-order valence-corrected chi connectivity index (χ3v) is 8.65. The van der Waals surface area contributed by atoms with E-state index in [1.807, 2.05) is 26.0 Å². The van der Waals surface area contributed by atoms with Gasteiger partial charge >= 0.3 is 0 Å². The molecule has 7 heteroatoms. The second-order valence-corrected chi connectivity index (χ2v) is 11.0. The van der Waals surface area contributed by atoms with Crippen LogP contribution in [0.5, 0.6) is 0 Å². The average molecular weight is 440 g/mol. The number of thiophene rings is 1. The Kier molecular flexibility index (Phi) is 4.76. The Morgan fingerprint density at radius 1 is 1.14 bits per heavy atom. The highest BCUT2D eigenvalue weighted by molar-refractivity contribution is 7.23. The van der Waals surface area contributed by atoms with Gasteiger partial charge in [0, 0.05) is 10.4 Å². The van der Waals surface area contributed by atoms with Gasteiger partial charge in [-0.15, -0.1) is 34.0 Å². The first-order valence-corrected chi connectivity index (χ1v) is 12.2. The van der Waals surface area contributed by atoms with E-state index < -0.39 is 0 Å². The molecular formula is C22H21N3OS3. The lowest BCUT2D eigenvalue weighted by molar-refractivity contribution is 0.103. The van der Waals surface area contributed by atoms with Crippen molar-refractivity contribution in [2.75, 3.05) is 5.32 Å². The van der Waals surface area contributed by atoms with Crippen LogP contribution in [0.25, 0.3) is 20.8 Å². The zero-order chi connectivity index (χ0) is 20.1. The molecule has 0 fully saturated rings. The first kappa shape index (κ1) is 18.9. The summed E-state index contributed by atoms with van der Waals surface area (Å²) in [6.07, 6.45) is 3.31. The minimum atomic E-state index is -0.0675. The van der Waals surface area contributed by atoms with Crippen molar-refractivity contribution in [3.8, 4) is 10.6 Å². The molecular weight excluding hydrogens is 418 g/mol. The van der Waals surface area contributed by atoms with E-state index in [0.717, 1.165) is 44.6 Å². The molecule has 3 aromatic heterocycles. The number of benzene rings is 1. The van der Waals surface area contributed by atoms with Gasteiger partial charge in [-0.2, -0.15) is 0 Å². The van der Waals surface area contributed by atoms with E-state index >= 15 is 0 Å². The van der Waals surface area contributed by atoms with Crippen LogP contribution in [0.4, 0.5) is 5.00 Å². The lowest BCUT2D eigenvalue weighted by atomic mass is 9.88. The van der Waals surface area contributed by atoms with Gasteiger partial charge in [0.2, 0.25) is 0 Å². The summed E-state index contributed by atoms with van der Waals surface area (Å²) in [7, 11) is 0. The van der Waals surface area contributed by atoms with Crippen molar-refractivity contribution < 1.29 is 4.79 Å². The standard InChI is InChI=1S/C22H21N3OS3/c1-11-8-9-14-17(10-11)29-22(25-20(26)19-12(2)23-13(3)27-19)18(14)21-24-15-6-4-5-7-16(15)28-21/h4-7,11H,8-10H2,1-3H3,(H,25,26). The number of amides is 1. The number of aryl methyl sites for hydroxylation is 2. The van der Waals surface area contributed by atoms with Crippen LogP contribution in [0.2, 0.25) is 0 Å². The Morgan fingerprint density at radius 3 is 2.72 bits per heavy atom. The molecule has 1 aliphatic carbocycles. The largest absolute Gasteiger partial charge is 0.312 e. The number of thiazole rings is 2. The summed E-state index contributed by atoms with van der Waals surface area (Å²) < 4.78 is 1.18. The van der Waals surface area contributed by atoms with Crippen molar-refractivity contribution >= 4 is 55.1 Å². The molecule has 4 aromatic rings. The first-order chi connectivity index (χ1) is 14.0. The highest BCUT2D eigenvalue weighted by atomic mass is 32.1. The highest BCUT2D eigenvalue weighted by Gasteiger charge is 2.28. The monoisotopic (exact) mass is 439 g/mol. The zero-order valence-electron chi connectivity index (χ0n) is 16.5. The van der Waals surface area contributed by atoms with E-state index in [2.05, 4.69) is 29.4 Å². The summed E-state index contributed by atoms with van der Waals surface area (Å²) in [5.41, 5.74) is 4.31. The lowest BCUT2D eigenvalue weighted by Crippen LogP contribution is -2.11. The molecule has 1 aromatic carbocycles. The van der Waals surface area contributed by atoms with E-state index in [1.54, 1.807) is 22.7 Å². The van der Waals surface area contributed by atoms with Gasteiger partial charge in [0.15, 0.2) is 0 Å². The number of hydrogen-bond donors (Lipinski definition) is 1. The molecule has 1 unspecified atom stereocenters. The molecule has 0 spiro atoms. The van der Waals surface area contributed by atoms with Crippen molar-refractivity contribution in [2.45, 2.75) is 40.0 Å². The van der Waals surface area contributed by atoms with Crippen molar-refractivity contribution in [1.29, 1.82) is 0 Å². The number of aromatic nitrogens is 2. The molecule has 0 radical (unpaired) electrons. The molecule has 1 amide bonds. The molecule has 4 nitrogen and oxygen atoms in total. The van der Waals surface area contributed by atoms with Crippen molar-refractivity contribution in [3.63, 3.8) is 0 Å². The third-order valence-electron chi connectivity index (χ3n) is 5.36. The van der Waals surface area contributed by atoms with Crippen LogP contribution >= 0.6 is 34.0 Å². The van der Waals surface area contributed by atoms with Gasteiger partial charge in [-0.1, -0.05) is 19.1 Å². The van der Waals surface area contributed by atoms with Gasteiger partial charge in [0.1, 0.15) is 14.9 Å². The van der Waals surface area contributed by atoms with Crippen LogP contribution in [-0.4, -0.2) is 15.9 Å². The Balaban J connectivity index is 1.61. The summed E-state index contributed by atoms with van der Waals surface area (Å²) in [6, 6.07) is 8.23. The maximum Gasteiger partial charge on any atom is 0.268 e. The Bertz CT molecular complexity index is 1200. The van der Waals surface area contributed by atoms with Crippen molar-refractivity contribution in [1.82, 2.24) is 9.97 Å². The fourth-order valence-corrected chi connectivity index (χ4v) is 7.28. The highest BCUT2D eigenvalue weighted by Crippen LogP contribution is 2.47. The number of nitrogens with zero attached hydrogens (tertiary/aromatic N) is 2. The number of carbonyl (C=O) groups is 1. The van der Waals surface area contributed by atoms with Crippen LogP contribution in [0, 0.1) is 19.8 Å². The number of carbonyl (C=O) groups excluding carboxylic acids is 1. The van der Waals surface area contributed by atoms with Crippen molar-refractivity contribution in [3.05, 3.63) is 50.3 Å². The summed E-state index contributed by atoms with van der Waals surface area (Å²) in [5.74, 6) is 0.612. The third kappa shape index (κ3) is 3.41. The van der Waals surface area contributed by atoms with E-state index in [9.17, 15) is 4.79 Å². The number of hydrogen-bond acceptors (Lipinski definition) is 6. The topological polar surface area (TPSA) is 54.9 Å². The fraction of sp³-hybridized carbons (Fsp3) is 0.318. The van der Waals surface area contributed by atoms with Crippen LogP contribution in [0.15, 0.2) is 24.3 Å². The number of nitrogens with one attached hydrogen (secondary N) is 1. The maximum atomic E-state index is 13.0. The quantitative estimate of drug-likeness (QED) is 0.398. The summed E-state index contributed by atoms with van der Waals surface area (Å²) >= 11 is 4.88. The van der Waals surface area contributed by atoms with E-state index in [0.29, 0.717) is 10.8 Å². The van der Waals surface area contributed by atoms with Gasteiger partial charge < -0.3 is 5.32 Å². The van der Waals surface area contributed by atoms with Crippen LogP contribution in [0.3, 0.4) is 0 Å². The first-order valence-electron chi connectivity index (χ1n) is 9.75. The molecule has 3 heterocycles. The molecule has 29 heavy (non-hydrogen) atoms. The molecule has 1 N–H and O–H groups in total. The lowest BCUT2D eigenvalue weighted by Gasteiger charge is -2.18. The fourth-order valence-electron chi connectivity index (χ4n) is 3.95. The number of para-hydroxylation sites is 1. The second kappa shape index (κ2) is 7.31. The van der Waals surface area contributed by atoms with E-state index in [-0.39, 0.29) is 5.91 Å². The van der Waals surface area contributed by atoms with Gasteiger partial charge in [-0.05, 0) is 56.7 Å².